The monoisotopic (exact) mass is 290 g/mol. The Labute approximate surface area is 113 Å². The van der Waals surface area contributed by atoms with Gasteiger partial charge in [-0.15, -0.1) is 0 Å². The number of anilines is 1. The first kappa shape index (κ1) is 16.0. The van der Waals surface area contributed by atoms with Crippen molar-refractivity contribution in [3.05, 3.63) is 29.8 Å². The molecule has 1 rings (SSSR count). The molecule has 0 amide bonds. The summed E-state index contributed by atoms with van der Waals surface area (Å²) in [6.07, 6.45) is -4.41. The summed E-state index contributed by atoms with van der Waals surface area (Å²) in [6.45, 7) is 1.83. The summed E-state index contributed by atoms with van der Waals surface area (Å²) in [5, 5.41) is 12.4. The van der Waals surface area contributed by atoms with Gasteiger partial charge >= 0.3 is 12.1 Å². The number of hydrogen-bond donors (Lipinski definition) is 2. The van der Waals surface area contributed by atoms with Crippen molar-refractivity contribution >= 4 is 17.4 Å². The van der Waals surface area contributed by atoms with Gasteiger partial charge in [0.2, 0.25) is 0 Å². The number of nitrogens with one attached hydrogen (secondary N) is 1. The fourth-order valence-corrected chi connectivity index (χ4v) is 1.21. The van der Waals surface area contributed by atoms with Gasteiger partial charge in [0.05, 0.1) is 17.9 Å². The van der Waals surface area contributed by atoms with E-state index in [1.165, 1.54) is 0 Å². The number of nitrogens with zero attached hydrogens (tertiary/aromatic N) is 1. The predicted octanol–water partition coefficient (Wildman–Crippen LogP) is 2.59. The maximum absolute atomic E-state index is 12.3. The van der Waals surface area contributed by atoms with Gasteiger partial charge in [0.15, 0.2) is 5.71 Å². The molecule has 0 radical (unpaired) electrons. The number of benzene rings is 1. The summed E-state index contributed by atoms with van der Waals surface area (Å²) in [4.78, 5) is 10.8. The van der Waals surface area contributed by atoms with Crippen LogP contribution in [0.15, 0.2) is 29.4 Å². The lowest BCUT2D eigenvalue weighted by molar-refractivity contribution is -0.137. The third kappa shape index (κ3) is 4.88. The van der Waals surface area contributed by atoms with Gasteiger partial charge in [-0.3, -0.25) is 5.43 Å². The SMILES string of the molecule is CCOCC(=NNc1ccc(C(F)(F)F)cc1)C(=O)O. The molecule has 0 saturated heterocycles. The van der Waals surface area contributed by atoms with Crippen molar-refractivity contribution in [3.8, 4) is 0 Å². The summed E-state index contributed by atoms with van der Waals surface area (Å²) in [6, 6.07) is 4.07. The number of carboxylic acid groups (broad SMARTS) is 1. The van der Waals surface area contributed by atoms with Gasteiger partial charge in [0.25, 0.3) is 0 Å². The molecule has 0 heterocycles. The van der Waals surface area contributed by atoms with Gasteiger partial charge in [-0.1, -0.05) is 0 Å². The third-order valence-electron chi connectivity index (χ3n) is 2.22. The molecule has 0 saturated carbocycles. The second-order valence-corrected chi connectivity index (χ2v) is 3.69. The second-order valence-electron chi connectivity index (χ2n) is 3.69. The number of halogens is 3. The summed E-state index contributed by atoms with van der Waals surface area (Å²) in [5.41, 5.74) is 1.55. The van der Waals surface area contributed by atoms with Crippen LogP contribution in [-0.4, -0.2) is 30.0 Å². The van der Waals surface area contributed by atoms with Crippen molar-refractivity contribution in [3.63, 3.8) is 0 Å². The zero-order valence-corrected chi connectivity index (χ0v) is 10.6. The summed E-state index contributed by atoms with van der Waals surface area (Å²) >= 11 is 0. The van der Waals surface area contributed by atoms with E-state index in [-0.39, 0.29) is 18.0 Å². The molecule has 0 bridgehead atoms. The van der Waals surface area contributed by atoms with Crippen LogP contribution in [0.1, 0.15) is 12.5 Å². The highest BCUT2D eigenvalue weighted by Gasteiger charge is 2.29. The van der Waals surface area contributed by atoms with Crippen LogP contribution >= 0.6 is 0 Å². The van der Waals surface area contributed by atoms with Crippen molar-refractivity contribution in [1.82, 2.24) is 0 Å². The molecule has 1 aromatic carbocycles. The van der Waals surface area contributed by atoms with E-state index in [1.807, 2.05) is 0 Å². The number of carboxylic acids is 1. The fourth-order valence-electron chi connectivity index (χ4n) is 1.21. The minimum absolute atomic E-state index is 0.195. The number of hydrogen-bond acceptors (Lipinski definition) is 4. The minimum Gasteiger partial charge on any atom is -0.477 e. The smallest absolute Gasteiger partial charge is 0.416 e. The van der Waals surface area contributed by atoms with Crippen LogP contribution in [0, 0.1) is 0 Å². The molecular formula is C12H13F3N2O3. The Morgan fingerprint density at radius 2 is 1.95 bits per heavy atom. The number of hydrazone groups is 1. The highest BCUT2D eigenvalue weighted by atomic mass is 19.4. The number of carbonyl (C=O) groups is 1. The highest BCUT2D eigenvalue weighted by molar-refractivity contribution is 6.36. The van der Waals surface area contributed by atoms with Crippen LogP contribution in [0.5, 0.6) is 0 Å². The minimum atomic E-state index is -4.41. The fraction of sp³-hybridized carbons (Fsp3) is 0.333. The van der Waals surface area contributed by atoms with Crippen LogP contribution in [0.3, 0.4) is 0 Å². The van der Waals surface area contributed by atoms with E-state index in [0.29, 0.717) is 6.61 Å². The molecule has 0 fully saturated rings. The van der Waals surface area contributed by atoms with E-state index in [9.17, 15) is 18.0 Å². The zero-order valence-electron chi connectivity index (χ0n) is 10.6. The maximum Gasteiger partial charge on any atom is 0.416 e. The molecule has 0 unspecified atom stereocenters. The Kier molecular flexibility index (Phi) is 5.51. The summed E-state index contributed by atoms with van der Waals surface area (Å²) < 4.78 is 41.9. The zero-order chi connectivity index (χ0) is 15.2. The van der Waals surface area contributed by atoms with Crippen molar-refractivity contribution in [1.29, 1.82) is 0 Å². The predicted molar refractivity (Wildman–Crippen MR) is 66.6 cm³/mol. The summed E-state index contributed by atoms with van der Waals surface area (Å²) in [7, 11) is 0. The second kappa shape index (κ2) is 6.90. The first-order valence-corrected chi connectivity index (χ1v) is 5.65. The molecule has 1 aromatic rings. The maximum atomic E-state index is 12.3. The topological polar surface area (TPSA) is 70.9 Å². The van der Waals surface area contributed by atoms with Gasteiger partial charge in [0, 0.05) is 6.61 Å². The number of ether oxygens (including phenoxy) is 1. The lowest BCUT2D eigenvalue weighted by atomic mass is 10.2. The van der Waals surface area contributed by atoms with E-state index in [1.54, 1.807) is 6.92 Å². The number of rotatable bonds is 6. The van der Waals surface area contributed by atoms with Crippen LogP contribution in [-0.2, 0) is 15.7 Å². The molecule has 0 aliphatic carbocycles. The van der Waals surface area contributed by atoms with Gasteiger partial charge in [0.1, 0.15) is 0 Å². The average molecular weight is 290 g/mol. The molecule has 0 aliphatic heterocycles. The molecule has 20 heavy (non-hydrogen) atoms. The molecule has 5 nitrogen and oxygen atoms in total. The van der Waals surface area contributed by atoms with Crippen LogP contribution in [0.25, 0.3) is 0 Å². The molecule has 2 N–H and O–H groups in total. The molecule has 0 spiro atoms. The number of aliphatic carboxylic acids is 1. The quantitative estimate of drug-likeness (QED) is 0.624. The van der Waals surface area contributed by atoms with Crippen molar-refractivity contribution in [2.45, 2.75) is 13.1 Å². The van der Waals surface area contributed by atoms with E-state index >= 15 is 0 Å². The lowest BCUT2D eigenvalue weighted by Crippen LogP contribution is -2.21. The highest BCUT2D eigenvalue weighted by Crippen LogP contribution is 2.29. The van der Waals surface area contributed by atoms with E-state index in [0.717, 1.165) is 24.3 Å². The first-order chi connectivity index (χ1) is 9.34. The van der Waals surface area contributed by atoms with Gasteiger partial charge < -0.3 is 9.84 Å². The molecular weight excluding hydrogens is 277 g/mol. The van der Waals surface area contributed by atoms with E-state index in [4.69, 9.17) is 9.84 Å². The van der Waals surface area contributed by atoms with E-state index in [2.05, 4.69) is 10.5 Å². The first-order valence-electron chi connectivity index (χ1n) is 5.65. The molecule has 0 aromatic heterocycles. The van der Waals surface area contributed by atoms with Crippen LogP contribution < -0.4 is 5.43 Å². The molecule has 0 atom stereocenters. The standard InChI is InChI=1S/C12H13F3N2O3/c1-2-20-7-10(11(18)19)17-16-9-5-3-8(4-6-9)12(13,14)15/h3-6,16H,2,7H2,1H3,(H,18,19). The average Bonchev–Trinajstić information content (AvgIpc) is 2.38. The Hall–Kier alpha value is -2.09. The van der Waals surface area contributed by atoms with Crippen LogP contribution in [0.4, 0.5) is 18.9 Å². The van der Waals surface area contributed by atoms with Gasteiger partial charge in [-0.05, 0) is 31.2 Å². The Morgan fingerprint density at radius 3 is 2.40 bits per heavy atom. The largest absolute Gasteiger partial charge is 0.477 e. The van der Waals surface area contributed by atoms with E-state index < -0.39 is 17.7 Å². The van der Waals surface area contributed by atoms with Gasteiger partial charge in [-0.25, -0.2) is 4.79 Å². The number of alkyl halides is 3. The van der Waals surface area contributed by atoms with Gasteiger partial charge in [-0.2, -0.15) is 18.3 Å². The van der Waals surface area contributed by atoms with Crippen molar-refractivity contribution in [2.75, 3.05) is 18.6 Å². The Balaban J connectivity index is 2.74. The molecule has 8 heteroatoms. The lowest BCUT2D eigenvalue weighted by Gasteiger charge is -2.08. The Morgan fingerprint density at radius 1 is 1.35 bits per heavy atom. The van der Waals surface area contributed by atoms with Crippen LogP contribution in [0.2, 0.25) is 0 Å². The van der Waals surface area contributed by atoms with Crippen molar-refractivity contribution < 1.29 is 27.8 Å². The molecule has 110 valence electrons. The third-order valence-corrected chi connectivity index (χ3v) is 2.22. The normalized spacial score (nSPS) is 12.3. The van der Waals surface area contributed by atoms with Crippen molar-refractivity contribution in [2.24, 2.45) is 5.10 Å². The molecule has 0 aliphatic rings. The Bertz CT molecular complexity index is 484. The summed E-state index contributed by atoms with van der Waals surface area (Å²) in [5.74, 6) is -1.27.